The summed E-state index contributed by atoms with van der Waals surface area (Å²) in [5.74, 6) is 2.42. The number of hydrogen-bond donors (Lipinski definition) is 0. The van der Waals surface area contributed by atoms with Crippen LogP contribution in [0.1, 0.15) is 29.9 Å². The Morgan fingerprint density at radius 3 is 2.94 bits per heavy atom. The van der Waals surface area contributed by atoms with Gasteiger partial charge in [-0.1, -0.05) is 36.4 Å². The Kier molecular flexibility index (Phi) is 2.02. The highest BCUT2D eigenvalue weighted by molar-refractivity contribution is 5.67. The van der Waals surface area contributed by atoms with E-state index in [1.807, 2.05) is 0 Å². The molecule has 0 heterocycles. The second-order valence-electron chi connectivity index (χ2n) is 5.64. The van der Waals surface area contributed by atoms with Crippen molar-refractivity contribution < 1.29 is 0 Å². The monoisotopic (exact) mass is 233 g/mol. The van der Waals surface area contributed by atoms with Gasteiger partial charge in [-0.3, -0.25) is 0 Å². The number of nitrogens with zero attached hydrogens (tertiary/aromatic N) is 1. The molecule has 0 bridgehead atoms. The van der Waals surface area contributed by atoms with Crippen molar-refractivity contribution in [3.63, 3.8) is 0 Å². The summed E-state index contributed by atoms with van der Waals surface area (Å²) in [5, 5.41) is 9.39. The molecule has 88 valence electrons. The van der Waals surface area contributed by atoms with Crippen molar-refractivity contribution in [3.05, 3.63) is 53.1 Å². The van der Waals surface area contributed by atoms with Crippen molar-refractivity contribution >= 4 is 6.08 Å². The van der Waals surface area contributed by atoms with Crippen LogP contribution in [0.5, 0.6) is 0 Å². The lowest BCUT2D eigenvalue weighted by Crippen LogP contribution is -2.47. The van der Waals surface area contributed by atoms with Gasteiger partial charge in [0.25, 0.3) is 0 Å². The Morgan fingerprint density at radius 1 is 1.17 bits per heavy atom. The Balaban J connectivity index is 1.87. The van der Waals surface area contributed by atoms with E-state index in [0.29, 0.717) is 17.8 Å². The molecule has 3 aliphatic carbocycles. The Labute approximate surface area is 107 Å². The summed E-state index contributed by atoms with van der Waals surface area (Å²) < 4.78 is 0. The zero-order chi connectivity index (χ0) is 12.1. The summed E-state index contributed by atoms with van der Waals surface area (Å²) in [6.45, 7) is 0. The van der Waals surface area contributed by atoms with Gasteiger partial charge in [-0.15, -0.1) is 0 Å². The molecule has 0 N–H and O–H groups in total. The largest absolute Gasteiger partial charge is 0.193 e. The van der Waals surface area contributed by atoms with E-state index in [2.05, 4.69) is 48.6 Å². The summed E-state index contributed by atoms with van der Waals surface area (Å²) in [7, 11) is 0. The minimum absolute atomic E-state index is 0.450. The van der Waals surface area contributed by atoms with Gasteiger partial charge in [-0.25, -0.2) is 0 Å². The van der Waals surface area contributed by atoms with E-state index in [-0.39, 0.29) is 0 Å². The highest BCUT2D eigenvalue weighted by Crippen LogP contribution is 2.61. The maximum Gasteiger partial charge on any atom is 0.0950 e. The first-order chi connectivity index (χ1) is 8.90. The molecule has 0 radical (unpaired) electrons. The van der Waals surface area contributed by atoms with Gasteiger partial charge in [0.15, 0.2) is 0 Å². The maximum absolute atomic E-state index is 9.39. The van der Waals surface area contributed by atoms with Gasteiger partial charge in [0, 0.05) is 11.5 Å². The second kappa shape index (κ2) is 3.59. The molecule has 4 atom stereocenters. The summed E-state index contributed by atoms with van der Waals surface area (Å²) in [6.07, 6.45) is 9.25. The zero-order valence-corrected chi connectivity index (χ0v) is 10.2. The molecule has 0 aromatic heterocycles. The summed E-state index contributed by atoms with van der Waals surface area (Å²) in [4.78, 5) is 0. The number of nitriles is 1. The fourth-order valence-electron chi connectivity index (χ4n) is 4.18. The SMILES string of the molecule is N#CC1=Cc2ccccc2[C@H]2[C@H]3CCC=C[C@H]3[C@@H]12. The van der Waals surface area contributed by atoms with Crippen LogP contribution >= 0.6 is 0 Å². The second-order valence-corrected chi connectivity index (χ2v) is 5.64. The lowest BCUT2D eigenvalue weighted by atomic mass is 9.48. The quantitative estimate of drug-likeness (QED) is 0.623. The van der Waals surface area contributed by atoms with Crippen molar-refractivity contribution in [1.29, 1.82) is 5.26 Å². The van der Waals surface area contributed by atoms with Gasteiger partial charge in [-0.05, 0) is 47.8 Å². The summed E-state index contributed by atoms with van der Waals surface area (Å²) in [6, 6.07) is 11.0. The van der Waals surface area contributed by atoms with Gasteiger partial charge >= 0.3 is 0 Å². The van der Waals surface area contributed by atoms with Crippen LogP contribution in [0.3, 0.4) is 0 Å². The van der Waals surface area contributed by atoms with Gasteiger partial charge in [0.1, 0.15) is 0 Å². The molecular formula is C17H15N. The average Bonchev–Trinajstić information content (AvgIpc) is 2.42. The van der Waals surface area contributed by atoms with E-state index >= 15 is 0 Å². The summed E-state index contributed by atoms with van der Waals surface area (Å²) in [5.41, 5.74) is 3.73. The smallest absolute Gasteiger partial charge is 0.0950 e. The van der Waals surface area contributed by atoms with Crippen LogP contribution in [0.2, 0.25) is 0 Å². The Morgan fingerprint density at radius 2 is 2.06 bits per heavy atom. The van der Waals surface area contributed by atoms with Crippen molar-refractivity contribution in [3.8, 4) is 6.07 Å². The normalized spacial score (nSPS) is 35.4. The van der Waals surface area contributed by atoms with E-state index in [1.165, 1.54) is 24.0 Å². The molecule has 0 saturated heterocycles. The van der Waals surface area contributed by atoms with Crippen molar-refractivity contribution in [2.75, 3.05) is 0 Å². The van der Waals surface area contributed by atoms with E-state index in [9.17, 15) is 5.26 Å². The molecule has 4 rings (SSSR count). The molecule has 1 aromatic rings. The van der Waals surface area contributed by atoms with Crippen LogP contribution in [-0.4, -0.2) is 0 Å². The molecule has 0 amide bonds. The van der Waals surface area contributed by atoms with Gasteiger partial charge in [0.2, 0.25) is 0 Å². The van der Waals surface area contributed by atoms with Gasteiger partial charge < -0.3 is 0 Å². The predicted octanol–water partition coefficient (Wildman–Crippen LogP) is 3.90. The number of hydrogen-bond acceptors (Lipinski definition) is 1. The van der Waals surface area contributed by atoms with E-state index in [1.54, 1.807) is 0 Å². The molecule has 1 fully saturated rings. The molecule has 1 heteroatoms. The molecule has 1 aromatic carbocycles. The molecular weight excluding hydrogens is 218 g/mol. The van der Waals surface area contributed by atoms with Crippen LogP contribution in [0.25, 0.3) is 6.08 Å². The first kappa shape index (κ1) is 10.1. The molecule has 3 aliphatic rings. The van der Waals surface area contributed by atoms with Crippen molar-refractivity contribution in [1.82, 2.24) is 0 Å². The maximum atomic E-state index is 9.39. The first-order valence-electron chi connectivity index (χ1n) is 6.77. The van der Waals surface area contributed by atoms with E-state index in [4.69, 9.17) is 0 Å². The van der Waals surface area contributed by atoms with E-state index in [0.717, 1.165) is 11.5 Å². The van der Waals surface area contributed by atoms with Gasteiger partial charge in [0.05, 0.1) is 6.07 Å². The number of benzene rings is 1. The van der Waals surface area contributed by atoms with E-state index < -0.39 is 0 Å². The highest BCUT2D eigenvalue weighted by Gasteiger charge is 2.53. The van der Waals surface area contributed by atoms with Crippen LogP contribution in [0.15, 0.2) is 42.0 Å². The standard InChI is InChI=1S/C17H15N/c18-10-12-9-11-5-1-2-6-13(11)17-15-8-4-3-7-14(15)16(12)17/h1-3,5-7,9,14-17H,4,8H2/t14-,15+,16-,17+/m1/s1. The topological polar surface area (TPSA) is 23.8 Å². The molecule has 0 spiro atoms. The van der Waals surface area contributed by atoms with Crippen LogP contribution in [0, 0.1) is 29.1 Å². The van der Waals surface area contributed by atoms with Gasteiger partial charge in [-0.2, -0.15) is 5.26 Å². The van der Waals surface area contributed by atoms with Crippen molar-refractivity contribution in [2.24, 2.45) is 17.8 Å². The third-order valence-electron chi connectivity index (χ3n) is 4.94. The van der Waals surface area contributed by atoms with Crippen LogP contribution in [-0.2, 0) is 0 Å². The minimum atomic E-state index is 0.450. The minimum Gasteiger partial charge on any atom is -0.193 e. The lowest BCUT2D eigenvalue weighted by molar-refractivity contribution is 0.0845. The molecule has 0 unspecified atom stereocenters. The number of rotatable bonds is 0. The third-order valence-corrected chi connectivity index (χ3v) is 4.94. The number of fused-ring (bicyclic) bond motifs is 6. The molecule has 1 nitrogen and oxygen atoms in total. The highest BCUT2D eigenvalue weighted by atomic mass is 14.6. The van der Waals surface area contributed by atoms with Crippen LogP contribution < -0.4 is 0 Å². The lowest BCUT2D eigenvalue weighted by Gasteiger charge is -2.55. The predicted molar refractivity (Wildman–Crippen MR) is 71.6 cm³/mol. The fourth-order valence-corrected chi connectivity index (χ4v) is 4.18. The Hall–Kier alpha value is -1.81. The first-order valence-corrected chi connectivity index (χ1v) is 6.77. The van der Waals surface area contributed by atoms with Crippen LogP contribution in [0.4, 0.5) is 0 Å². The molecule has 1 saturated carbocycles. The zero-order valence-electron chi connectivity index (χ0n) is 10.2. The molecule has 18 heavy (non-hydrogen) atoms. The summed E-state index contributed by atoms with van der Waals surface area (Å²) >= 11 is 0. The number of allylic oxidation sites excluding steroid dienone is 3. The molecule has 0 aliphatic heterocycles. The average molecular weight is 233 g/mol. The Bertz CT molecular complexity index is 602. The fraction of sp³-hybridized carbons (Fsp3) is 0.353. The van der Waals surface area contributed by atoms with Crippen molar-refractivity contribution in [2.45, 2.75) is 18.8 Å². The third kappa shape index (κ3) is 1.16.